The predicted molar refractivity (Wildman–Crippen MR) is 72.8 cm³/mol. The van der Waals surface area contributed by atoms with E-state index in [4.69, 9.17) is 16.7 Å². The van der Waals surface area contributed by atoms with Crippen molar-refractivity contribution in [1.82, 2.24) is 9.97 Å². The Kier molecular flexibility index (Phi) is 3.97. The second kappa shape index (κ2) is 5.67. The molecular weight excluding hydrogens is 266 g/mol. The summed E-state index contributed by atoms with van der Waals surface area (Å²) in [5.74, 6) is -0.140. The number of aromatic nitrogens is 2. The fourth-order valence-electron chi connectivity index (χ4n) is 1.60. The first-order chi connectivity index (χ1) is 9.08. The fourth-order valence-corrected chi connectivity index (χ4v) is 1.72. The molecule has 0 amide bonds. The average molecular weight is 278 g/mol. The summed E-state index contributed by atoms with van der Waals surface area (Å²) in [4.78, 5) is 19.2. The summed E-state index contributed by atoms with van der Waals surface area (Å²) in [5.41, 5.74) is 0.942. The van der Waals surface area contributed by atoms with Crippen LogP contribution in [0.5, 0.6) is 0 Å². The van der Waals surface area contributed by atoms with Crippen molar-refractivity contribution < 1.29 is 9.90 Å². The third kappa shape index (κ3) is 3.42. The number of halogens is 1. The SMILES string of the molecule is CNc1cc(C(=O)O)nc(Cc2ccc(Cl)cc2)n1. The van der Waals surface area contributed by atoms with Crippen molar-refractivity contribution in [3.8, 4) is 0 Å². The number of nitrogens with one attached hydrogen (secondary N) is 1. The van der Waals surface area contributed by atoms with Crippen LogP contribution in [0.15, 0.2) is 30.3 Å². The van der Waals surface area contributed by atoms with Crippen LogP contribution in [0.1, 0.15) is 21.9 Å². The number of rotatable bonds is 4. The highest BCUT2D eigenvalue weighted by Gasteiger charge is 2.10. The van der Waals surface area contributed by atoms with Gasteiger partial charge in [-0.3, -0.25) is 0 Å². The Morgan fingerprint density at radius 3 is 2.58 bits per heavy atom. The van der Waals surface area contributed by atoms with Crippen LogP contribution in [0.4, 0.5) is 5.82 Å². The van der Waals surface area contributed by atoms with Crippen molar-refractivity contribution >= 4 is 23.4 Å². The number of aromatic carboxylic acids is 1. The molecule has 0 radical (unpaired) electrons. The van der Waals surface area contributed by atoms with Crippen LogP contribution in [0, 0.1) is 0 Å². The molecule has 6 heteroatoms. The molecule has 0 bridgehead atoms. The summed E-state index contributed by atoms with van der Waals surface area (Å²) in [7, 11) is 1.68. The van der Waals surface area contributed by atoms with Gasteiger partial charge in [0, 0.05) is 24.6 Å². The molecule has 2 rings (SSSR count). The molecule has 5 nitrogen and oxygen atoms in total. The molecule has 1 aromatic carbocycles. The molecule has 0 aliphatic carbocycles. The summed E-state index contributed by atoms with van der Waals surface area (Å²) in [5, 5.41) is 12.5. The summed E-state index contributed by atoms with van der Waals surface area (Å²) in [6.45, 7) is 0. The number of carbonyl (C=O) groups is 1. The highest BCUT2D eigenvalue weighted by Crippen LogP contribution is 2.14. The van der Waals surface area contributed by atoms with E-state index < -0.39 is 5.97 Å². The first-order valence-corrected chi connectivity index (χ1v) is 5.99. The van der Waals surface area contributed by atoms with Gasteiger partial charge in [0.1, 0.15) is 11.6 Å². The van der Waals surface area contributed by atoms with Gasteiger partial charge in [-0.2, -0.15) is 0 Å². The highest BCUT2D eigenvalue weighted by atomic mass is 35.5. The number of anilines is 1. The number of carboxylic acids is 1. The minimum Gasteiger partial charge on any atom is -0.477 e. The second-order valence-corrected chi connectivity index (χ2v) is 4.35. The third-order valence-corrected chi connectivity index (χ3v) is 2.78. The summed E-state index contributed by atoms with van der Waals surface area (Å²) >= 11 is 5.81. The van der Waals surface area contributed by atoms with Crippen LogP contribution in [0.2, 0.25) is 5.02 Å². The number of nitrogens with zero attached hydrogens (tertiary/aromatic N) is 2. The zero-order valence-corrected chi connectivity index (χ0v) is 11.0. The van der Waals surface area contributed by atoms with Gasteiger partial charge in [0.05, 0.1) is 0 Å². The molecule has 19 heavy (non-hydrogen) atoms. The van der Waals surface area contributed by atoms with Gasteiger partial charge in [-0.25, -0.2) is 14.8 Å². The standard InChI is InChI=1S/C13H12ClN3O2/c1-15-11-7-10(13(18)19)16-12(17-11)6-8-2-4-9(14)5-3-8/h2-5,7H,6H2,1H3,(H,18,19)(H,15,16,17). The Morgan fingerprint density at radius 2 is 2.00 bits per heavy atom. The topological polar surface area (TPSA) is 75.1 Å². The van der Waals surface area contributed by atoms with E-state index >= 15 is 0 Å². The molecule has 1 aromatic heterocycles. The normalized spacial score (nSPS) is 10.2. The number of hydrogen-bond donors (Lipinski definition) is 2. The smallest absolute Gasteiger partial charge is 0.354 e. The maximum Gasteiger partial charge on any atom is 0.354 e. The first-order valence-electron chi connectivity index (χ1n) is 5.62. The van der Waals surface area contributed by atoms with Gasteiger partial charge in [-0.1, -0.05) is 23.7 Å². The second-order valence-electron chi connectivity index (χ2n) is 3.91. The van der Waals surface area contributed by atoms with Crippen molar-refractivity contribution in [3.63, 3.8) is 0 Å². The van der Waals surface area contributed by atoms with Crippen LogP contribution >= 0.6 is 11.6 Å². The molecule has 0 aliphatic rings. The molecular formula is C13H12ClN3O2. The lowest BCUT2D eigenvalue weighted by Gasteiger charge is -2.06. The van der Waals surface area contributed by atoms with E-state index in [0.29, 0.717) is 23.1 Å². The molecule has 0 aliphatic heterocycles. The molecule has 2 N–H and O–H groups in total. The van der Waals surface area contributed by atoms with Gasteiger partial charge in [0.25, 0.3) is 0 Å². The van der Waals surface area contributed by atoms with Crippen molar-refractivity contribution in [2.75, 3.05) is 12.4 Å². The molecule has 0 fully saturated rings. The van der Waals surface area contributed by atoms with E-state index in [0.717, 1.165) is 5.56 Å². The van der Waals surface area contributed by atoms with E-state index in [-0.39, 0.29) is 5.69 Å². The Hall–Kier alpha value is -2.14. The van der Waals surface area contributed by atoms with Gasteiger partial charge in [0.15, 0.2) is 5.69 Å². The van der Waals surface area contributed by atoms with E-state index in [2.05, 4.69) is 15.3 Å². The zero-order valence-electron chi connectivity index (χ0n) is 10.2. The predicted octanol–water partition coefficient (Wildman–Crippen LogP) is 2.46. The van der Waals surface area contributed by atoms with Gasteiger partial charge < -0.3 is 10.4 Å². The Labute approximate surface area is 115 Å². The minimum atomic E-state index is -1.07. The Balaban J connectivity index is 2.31. The molecule has 0 saturated heterocycles. The van der Waals surface area contributed by atoms with E-state index in [9.17, 15) is 4.79 Å². The molecule has 2 aromatic rings. The van der Waals surface area contributed by atoms with Gasteiger partial charge in [0.2, 0.25) is 0 Å². The fraction of sp³-hybridized carbons (Fsp3) is 0.154. The molecule has 0 saturated carbocycles. The minimum absolute atomic E-state index is 0.0247. The van der Waals surface area contributed by atoms with Crippen LogP contribution in [-0.4, -0.2) is 28.1 Å². The summed E-state index contributed by atoms with van der Waals surface area (Å²) < 4.78 is 0. The van der Waals surface area contributed by atoms with Crippen molar-refractivity contribution in [1.29, 1.82) is 0 Å². The maximum absolute atomic E-state index is 11.0. The molecule has 98 valence electrons. The quantitative estimate of drug-likeness (QED) is 0.898. The van der Waals surface area contributed by atoms with Gasteiger partial charge >= 0.3 is 5.97 Å². The molecule has 0 unspecified atom stereocenters. The summed E-state index contributed by atoms with van der Waals surface area (Å²) in [6, 6.07) is 8.66. The third-order valence-electron chi connectivity index (χ3n) is 2.52. The van der Waals surface area contributed by atoms with Crippen LogP contribution < -0.4 is 5.32 Å². The van der Waals surface area contributed by atoms with Crippen molar-refractivity contribution in [2.45, 2.75) is 6.42 Å². The first kappa shape index (κ1) is 13.3. The lowest BCUT2D eigenvalue weighted by atomic mass is 10.1. The van der Waals surface area contributed by atoms with E-state index in [1.54, 1.807) is 19.2 Å². The summed E-state index contributed by atoms with van der Waals surface area (Å²) in [6.07, 6.45) is 0.451. The number of carboxylic acid groups (broad SMARTS) is 1. The zero-order chi connectivity index (χ0) is 13.8. The number of benzene rings is 1. The Morgan fingerprint density at radius 1 is 1.32 bits per heavy atom. The lowest BCUT2D eigenvalue weighted by Crippen LogP contribution is -2.08. The van der Waals surface area contributed by atoms with Crippen LogP contribution in [0.3, 0.4) is 0 Å². The average Bonchev–Trinajstić information content (AvgIpc) is 2.41. The van der Waals surface area contributed by atoms with Crippen molar-refractivity contribution in [3.05, 3.63) is 52.4 Å². The van der Waals surface area contributed by atoms with E-state index in [1.807, 2.05) is 12.1 Å². The number of hydrogen-bond acceptors (Lipinski definition) is 4. The molecule has 0 spiro atoms. The van der Waals surface area contributed by atoms with Crippen LogP contribution in [0.25, 0.3) is 0 Å². The van der Waals surface area contributed by atoms with Crippen molar-refractivity contribution in [2.24, 2.45) is 0 Å². The van der Waals surface area contributed by atoms with Crippen LogP contribution in [-0.2, 0) is 6.42 Å². The molecule has 0 atom stereocenters. The lowest BCUT2D eigenvalue weighted by molar-refractivity contribution is 0.0690. The largest absolute Gasteiger partial charge is 0.477 e. The highest BCUT2D eigenvalue weighted by molar-refractivity contribution is 6.30. The van der Waals surface area contributed by atoms with E-state index in [1.165, 1.54) is 6.07 Å². The molecule has 1 heterocycles. The monoisotopic (exact) mass is 277 g/mol. The van der Waals surface area contributed by atoms with Gasteiger partial charge in [-0.15, -0.1) is 0 Å². The van der Waals surface area contributed by atoms with Gasteiger partial charge in [-0.05, 0) is 17.7 Å². The maximum atomic E-state index is 11.0. The Bertz CT molecular complexity index is 599.